The number of carbonyl (C=O) groups excluding carboxylic acids is 8. The van der Waals surface area contributed by atoms with Crippen LogP contribution in [0.25, 0.3) is 0 Å². The number of benzene rings is 3. The molecular weight excluding hydrogens is 1010 g/mol. The first-order valence-corrected chi connectivity index (χ1v) is 26.6. The molecule has 10 atom stereocenters. The Morgan fingerprint density at radius 1 is 0.566 bits per heavy atom. The Kier molecular flexibility index (Phi) is 20.6. The summed E-state index contributed by atoms with van der Waals surface area (Å²) in [4.78, 5) is 115. The van der Waals surface area contributed by atoms with Gasteiger partial charge in [-0.05, 0) is 116 Å². The summed E-state index contributed by atoms with van der Waals surface area (Å²) in [6, 6.07) is 16.4. The van der Waals surface area contributed by atoms with Crippen LogP contribution >= 0.6 is 24.8 Å². The molecule has 0 aromatic heterocycles. The van der Waals surface area contributed by atoms with Gasteiger partial charge in [0.05, 0.1) is 24.2 Å². The van der Waals surface area contributed by atoms with E-state index in [4.69, 9.17) is 11.5 Å². The summed E-state index contributed by atoms with van der Waals surface area (Å²) in [5, 5.41) is 12.1. The second-order valence-corrected chi connectivity index (χ2v) is 23.5. The number of rotatable bonds is 16. The monoisotopic (exact) mass is 1090 g/mol. The Morgan fingerprint density at radius 3 is 1.29 bits per heavy atom. The van der Waals surface area contributed by atoms with E-state index in [2.05, 4.69) is 33.4 Å². The zero-order valence-corrected chi connectivity index (χ0v) is 47.0. The van der Waals surface area contributed by atoms with Crippen LogP contribution in [0.2, 0.25) is 0 Å². The number of nitrogens with two attached hydrogens (primary N) is 2. The van der Waals surface area contributed by atoms with E-state index in [1.165, 1.54) is 34.8 Å². The minimum absolute atomic E-state index is 0. The van der Waals surface area contributed by atoms with Gasteiger partial charge in [-0.2, -0.15) is 0 Å². The average Bonchev–Trinajstić information content (AvgIpc) is 3.98. The van der Waals surface area contributed by atoms with Crippen molar-refractivity contribution in [3.8, 4) is 0 Å². The van der Waals surface area contributed by atoms with Gasteiger partial charge in [0.15, 0.2) is 11.6 Å². The first kappa shape index (κ1) is 61.2. The summed E-state index contributed by atoms with van der Waals surface area (Å²) < 4.78 is 0. The highest BCUT2D eigenvalue weighted by molar-refractivity contribution is 6.02. The molecule has 16 nitrogen and oxygen atoms in total. The normalized spacial score (nSPS) is 22.7. The Labute approximate surface area is 460 Å². The predicted molar refractivity (Wildman–Crippen MR) is 297 cm³/mol. The molecule has 76 heavy (non-hydrogen) atoms. The van der Waals surface area contributed by atoms with Gasteiger partial charge in [-0.15, -0.1) is 24.8 Å². The molecule has 2 heterocycles. The molecule has 4 aliphatic rings. The van der Waals surface area contributed by atoms with Gasteiger partial charge in [-0.25, -0.2) is 0 Å². The molecule has 2 fully saturated rings. The van der Waals surface area contributed by atoms with Crippen LogP contribution in [0.15, 0.2) is 72.8 Å². The molecule has 414 valence electrons. The highest BCUT2D eigenvalue weighted by Gasteiger charge is 2.48. The van der Waals surface area contributed by atoms with E-state index in [-0.39, 0.29) is 99.1 Å². The van der Waals surface area contributed by atoms with Crippen molar-refractivity contribution in [2.75, 3.05) is 13.1 Å². The van der Waals surface area contributed by atoms with Crippen molar-refractivity contribution in [1.29, 1.82) is 0 Å². The molecule has 3 aromatic carbocycles. The molecule has 0 saturated carbocycles. The Bertz CT molecular complexity index is 2460. The fourth-order valence-corrected chi connectivity index (χ4v) is 11.3. The summed E-state index contributed by atoms with van der Waals surface area (Å²) in [6.45, 7) is 14.2. The van der Waals surface area contributed by atoms with E-state index in [0.717, 1.165) is 49.7 Å². The van der Waals surface area contributed by atoms with Crippen LogP contribution in [0.4, 0.5) is 0 Å². The standard InChI is InChI=1S/C58H78N8O8.2ClH/c1-33(59)51(69)63-49(57(3,4)5)55(73)65-31-35(26-45(65)53(71)61-43-24-14-18-37-16-9-11-22-41(37)43)28-47(67)39-20-13-21-40(30-39)48(68)29-36-27-46(54(72)62-44-25-15-19-38-17-10-12-23-42(38)44)66(32-36)56(74)50(58(6,7)8)64-52(70)34(2)60;;/h9-13,16-17,20-23,30,33-36,43-46,49-50H,14-15,18-19,24-29,31-32,59-60H2,1-8H3,(H,61,71)(H,62,72)(H,63,69)(H,64,70);2*1H/t33-,34-,35+,36+,43-,44-,45-,46-,49+,50+;;/m0../s1. The van der Waals surface area contributed by atoms with Crippen molar-refractivity contribution in [3.05, 3.63) is 106 Å². The largest absolute Gasteiger partial charge is 0.347 e. The van der Waals surface area contributed by atoms with Crippen molar-refractivity contribution in [2.24, 2.45) is 34.1 Å². The third kappa shape index (κ3) is 14.5. The molecule has 7 rings (SSSR count). The Hall–Kier alpha value is -5.68. The lowest BCUT2D eigenvalue weighted by Gasteiger charge is -2.36. The van der Waals surface area contributed by atoms with Gasteiger partial charge in [0.2, 0.25) is 35.4 Å². The Balaban J connectivity index is 0.00000533. The summed E-state index contributed by atoms with van der Waals surface area (Å²) >= 11 is 0. The van der Waals surface area contributed by atoms with Gasteiger partial charge in [0.1, 0.15) is 24.2 Å². The molecule has 2 aliphatic heterocycles. The topological polar surface area (TPSA) is 243 Å². The minimum atomic E-state index is -1.01. The van der Waals surface area contributed by atoms with Gasteiger partial charge >= 0.3 is 0 Å². The molecule has 2 aliphatic carbocycles. The van der Waals surface area contributed by atoms with Crippen molar-refractivity contribution in [3.63, 3.8) is 0 Å². The lowest BCUT2D eigenvalue weighted by atomic mass is 9.85. The second-order valence-electron chi connectivity index (χ2n) is 23.5. The number of ketones is 2. The number of hydrogen-bond donors (Lipinski definition) is 6. The maximum atomic E-state index is 14.6. The van der Waals surface area contributed by atoms with Crippen LogP contribution in [0.5, 0.6) is 0 Å². The molecule has 0 spiro atoms. The number of nitrogens with zero attached hydrogens (tertiary/aromatic N) is 2. The smallest absolute Gasteiger partial charge is 0.246 e. The van der Waals surface area contributed by atoms with Crippen molar-refractivity contribution in [1.82, 2.24) is 31.1 Å². The number of aryl methyl sites for hydroxylation is 2. The van der Waals surface area contributed by atoms with Gasteiger partial charge in [-0.1, -0.05) is 108 Å². The molecule has 3 aromatic rings. The average molecular weight is 1090 g/mol. The number of amides is 6. The quantitative estimate of drug-likeness (QED) is 0.0881. The van der Waals surface area contributed by atoms with E-state index in [1.807, 2.05) is 77.9 Å². The molecule has 0 unspecified atom stereocenters. The third-order valence-electron chi connectivity index (χ3n) is 15.4. The molecule has 18 heteroatoms. The van der Waals surface area contributed by atoms with Gasteiger partial charge < -0.3 is 42.5 Å². The SMILES string of the molecule is C[C@H](N)C(=O)N[C@H](C(=O)N1C[C@@H](CC(=O)c2cccc(C(=O)C[C@H]3C[C@@H](C(=O)N[C@H]4CCCc5ccccc54)N(C(=O)[C@@H](NC(=O)[C@H](C)N)C(C)(C)C)C3)c2)C[C@H]1C(=O)N[C@H]1CCCc2ccccc21)C(C)(C)C.Cl.Cl. The molecule has 0 radical (unpaired) electrons. The van der Waals surface area contributed by atoms with E-state index >= 15 is 0 Å². The molecule has 8 N–H and O–H groups in total. The summed E-state index contributed by atoms with van der Waals surface area (Å²) in [5.74, 6) is -3.91. The molecular formula is C58H80Cl2N8O8. The van der Waals surface area contributed by atoms with Crippen LogP contribution < -0.4 is 32.7 Å². The second kappa shape index (κ2) is 25.6. The van der Waals surface area contributed by atoms with Crippen LogP contribution in [0.1, 0.15) is 162 Å². The van der Waals surface area contributed by atoms with Crippen molar-refractivity contribution in [2.45, 2.75) is 168 Å². The predicted octanol–water partition coefficient (Wildman–Crippen LogP) is 6.25. The number of hydrogen-bond acceptors (Lipinski definition) is 10. The van der Waals surface area contributed by atoms with Crippen molar-refractivity contribution >= 4 is 71.8 Å². The van der Waals surface area contributed by atoms with Crippen LogP contribution in [-0.4, -0.2) is 106 Å². The summed E-state index contributed by atoms with van der Waals surface area (Å²) in [6.07, 6.45) is 5.47. The molecule has 2 saturated heterocycles. The van der Waals surface area contributed by atoms with Gasteiger partial charge in [0, 0.05) is 37.1 Å². The molecule has 6 amide bonds. The van der Waals surface area contributed by atoms with Crippen molar-refractivity contribution < 1.29 is 38.4 Å². The van der Waals surface area contributed by atoms with E-state index < -0.39 is 82.5 Å². The Morgan fingerprint density at radius 2 is 0.934 bits per heavy atom. The highest BCUT2D eigenvalue weighted by atomic mass is 35.5. The lowest BCUT2D eigenvalue weighted by molar-refractivity contribution is -0.144. The van der Waals surface area contributed by atoms with Crippen LogP contribution in [0, 0.1) is 22.7 Å². The van der Waals surface area contributed by atoms with Crippen LogP contribution in [-0.2, 0) is 41.6 Å². The number of likely N-dealkylation sites (tertiary alicyclic amines) is 2. The van der Waals surface area contributed by atoms with E-state index in [9.17, 15) is 38.4 Å². The van der Waals surface area contributed by atoms with Crippen LogP contribution in [0.3, 0.4) is 0 Å². The fourth-order valence-electron chi connectivity index (χ4n) is 11.3. The number of fused-ring (bicyclic) bond motifs is 2. The number of carbonyl (C=O) groups is 8. The highest BCUT2D eigenvalue weighted by Crippen LogP contribution is 2.36. The zero-order valence-electron chi connectivity index (χ0n) is 45.3. The number of halogens is 2. The lowest BCUT2D eigenvalue weighted by Crippen LogP contribution is -2.59. The third-order valence-corrected chi connectivity index (χ3v) is 15.4. The first-order chi connectivity index (χ1) is 34.9. The fraction of sp³-hybridized carbons (Fsp3) is 0.552. The maximum absolute atomic E-state index is 14.6. The summed E-state index contributed by atoms with van der Waals surface area (Å²) in [7, 11) is 0. The number of Topliss-reactive ketones (excluding diaryl/α,β-unsaturated/α-hetero) is 2. The van der Waals surface area contributed by atoms with E-state index in [1.54, 1.807) is 24.3 Å². The number of nitrogens with one attached hydrogen (secondary N) is 4. The van der Waals surface area contributed by atoms with E-state index in [0.29, 0.717) is 11.1 Å². The maximum Gasteiger partial charge on any atom is 0.246 e. The summed E-state index contributed by atoms with van der Waals surface area (Å²) in [5.41, 5.74) is 15.4. The molecule has 0 bridgehead atoms. The van der Waals surface area contributed by atoms with Gasteiger partial charge in [0.25, 0.3) is 0 Å². The minimum Gasteiger partial charge on any atom is -0.347 e. The zero-order chi connectivity index (χ0) is 53.8. The van der Waals surface area contributed by atoms with Gasteiger partial charge in [-0.3, -0.25) is 38.4 Å². The first-order valence-electron chi connectivity index (χ1n) is 26.6.